The Hall–Kier alpha value is -1.04. The lowest BCUT2D eigenvalue weighted by Gasteiger charge is -2.06. The van der Waals surface area contributed by atoms with Crippen LogP contribution in [0.25, 0.3) is 11.1 Å². The Labute approximate surface area is 146 Å². The smallest absolute Gasteiger partial charge is 0.0674 e. The minimum Gasteiger partial charge on any atom is -0.268 e. The van der Waals surface area contributed by atoms with Gasteiger partial charge in [-0.15, -0.1) is 0 Å². The van der Waals surface area contributed by atoms with E-state index >= 15 is 0 Å². The molecule has 1 heterocycles. The van der Waals surface area contributed by atoms with Gasteiger partial charge in [0.1, 0.15) is 0 Å². The van der Waals surface area contributed by atoms with Crippen molar-refractivity contribution in [1.29, 1.82) is 0 Å². The van der Waals surface area contributed by atoms with E-state index in [0.717, 1.165) is 11.1 Å². The summed E-state index contributed by atoms with van der Waals surface area (Å²) in [6, 6.07) is 13.9. The van der Waals surface area contributed by atoms with Crippen molar-refractivity contribution in [2.75, 3.05) is 0 Å². The molecule has 0 aliphatic carbocycles. The molecule has 2 nitrogen and oxygen atoms in total. The zero-order valence-corrected chi connectivity index (χ0v) is 14.6. The molecule has 3 aromatic rings. The number of benzene rings is 2. The minimum atomic E-state index is 0.569. The lowest BCUT2D eigenvalue weighted by Crippen LogP contribution is -2.00. The van der Waals surface area contributed by atoms with Crippen molar-refractivity contribution in [3.05, 3.63) is 74.0 Å². The monoisotopic (exact) mass is 428 g/mol. The highest BCUT2D eigenvalue weighted by Crippen LogP contribution is 2.27. The van der Waals surface area contributed by atoms with Crippen LogP contribution in [-0.4, -0.2) is 9.78 Å². The lowest BCUT2D eigenvalue weighted by molar-refractivity contribution is 0.687. The van der Waals surface area contributed by atoms with Crippen molar-refractivity contribution in [3.63, 3.8) is 0 Å². The van der Waals surface area contributed by atoms with Crippen molar-refractivity contribution >= 4 is 45.8 Å². The van der Waals surface area contributed by atoms with Gasteiger partial charge in [0.2, 0.25) is 0 Å². The number of aromatic nitrogens is 2. The number of hydrogen-bond donors (Lipinski definition) is 0. The largest absolute Gasteiger partial charge is 0.268 e. The molecule has 3 rings (SSSR count). The lowest BCUT2D eigenvalue weighted by atomic mass is 10.1. The van der Waals surface area contributed by atoms with Crippen molar-refractivity contribution in [2.45, 2.75) is 6.54 Å². The highest BCUT2D eigenvalue weighted by molar-refractivity contribution is 14.1. The highest BCUT2D eigenvalue weighted by atomic mass is 127. The summed E-state index contributed by atoms with van der Waals surface area (Å²) in [7, 11) is 0. The fourth-order valence-corrected chi connectivity index (χ4v) is 3.21. The molecule has 1 aromatic heterocycles. The standard InChI is InChI=1S/C16H11Cl2IN2/c17-14-6-3-4-11(16(14)18)9-21-10-12(8-20-21)13-5-1-2-7-15(13)19/h1-8,10H,9H2. The maximum atomic E-state index is 6.22. The van der Waals surface area contributed by atoms with Crippen LogP contribution in [0.1, 0.15) is 5.56 Å². The zero-order valence-electron chi connectivity index (χ0n) is 10.9. The second-order valence-corrected chi connectivity index (χ2v) is 6.57. The molecule has 0 bridgehead atoms. The first kappa shape index (κ1) is 14.9. The molecule has 106 valence electrons. The van der Waals surface area contributed by atoms with Gasteiger partial charge < -0.3 is 0 Å². The quantitative estimate of drug-likeness (QED) is 0.503. The molecule has 0 saturated carbocycles. The zero-order chi connectivity index (χ0) is 14.8. The molecule has 5 heteroatoms. The van der Waals surface area contributed by atoms with Gasteiger partial charge in [-0.2, -0.15) is 5.10 Å². The molecule has 0 aliphatic rings. The van der Waals surface area contributed by atoms with Crippen molar-refractivity contribution in [2.24, 2.45) is 0 Å². The van der Waals surface area contributed by atoms with E-state index in [1.54, 1.807) is 6.07 Å². The molecule has 21 heavy (non-hydrogen) atoms. The van der Waals surface area contributed by atoms with Gasteiger partial charge >= 0.3 is 0 Å². The summed E-state index contributed by atoms with van der Waals surface area (Å²) in [4.78, 5) is 0. The maximum absolute atomic E-state index is 6.22. The van der Waals surface area contributed by atoms with Crippen LogP contribution in [0.15, 0.2) is 54.9 Å². The molecule has 0 aliphatic heterocycles. The number of nitrogens with zero attached hydrogens (tertiary/aromatic N) is 2. The molecule has 0 N–H and O–H groups in total. The summed E-state index contributed by atoms with van der Waals surface area (Å²) in [5.41, 5.74) is 3.24. The summed E-state index contributed by atoms with van der Waals surface area (Å²) >= 11 is 14.6. The first-order valence-electron chi connectivity index (χ1n) is 6.35. The molecule has 0 atom stereocenters. The fourth-order valence-electron chi connectivity index (χ4n) is 2.13. The Kier molecular flexibility index (Phi) is 4.52. The second-order valence-electron chi connectivity index (χ2n) is 4.62. The molecule has 0 spiro atoms. The van der Waals surface area contributed by atoms with E-state index < -0.39 is 0 Å². The van der Waals surface area contributed by atoms with Gasteiger partial charge in [0.25, 0.3) is 0 Å². The van der Waals surface area contributed by atoms with E-state index in [1.165, 1.54) is 9.13 Å². The van der Waals surface area contributed by atoms with Crippen LogP contribution in [0.2, 0.25) is 10.0 Å². The van der Waals surface area contributed by atoms with Crippen LogP contribution in [0, 0.1) is 3.57 Å². The molecular formula is C16H11Cl2IN2. The molecule has 0 fully saturated rings. The SMILES string of the molecule is Clc1cccc(Cn2cc(-c3ccccc3I)cn2)c1Cl. The van der Waals surface area contributed by atoms with E-state index in [2.05, 4.69) is 39.8 Å². The van der Waals surface area contributed by atoms with Gasteiger partial charge in [0.15, 0.2) is 0 Å². The average molecular weight is 429 g/mol. The van der Waals surface area contributed by atoms with E-state index in [9.17, 15) is 0 Å². The van der Waals surface area contributed by atoms with E-state index in [0.29, 0.717) is 16.6 Å². The van der Waals surface area contributed by atoms with Crippen molar-refractivity contribution in [1.82, 2.24) is 9.78 Å². The Balaban J connectivity index is 1.89. The summed E-state index contributed by atoms with van der Waals surface area (Å²) in [6.45, 7) is 0.600. The Morgan fingerprint density at radius 3 is 2.67 bits per heavy atom. The normalized spacial score (nSPS) is 10.8. The van der Waals surface area contributed by atoms with Gasteiger partial charge in [-0.05, 0) is 45.9 Å². The van der Waals surface area contributed by atoms with E-state index in [1.807, 2.05) is 41.3 Å². The first-order chi connectivity index (χ1) is 10.1. The summed E-state index contributed by atoms with van der Waals surface area (Å²) in [5.74, 6) is 0. The fraction of sp³-hybridized carbons (Fsp3) is 0.0625. The summed E-state index contributed by atoms with van der Waals surface area (Å²) in [5, 5.41) is 5.57. The molecule has 0 radical (unpaired) electrons. The minimum absolute atomic E-state index is 0.569. The number of hydrogen-bond acceptors (Lipinski definition) is 1. The predicted molar refractivity (Wildman–Crippen MR) is 95.9 cm³/mol. The van der Waals surface area contributed by atoms with Crippen molar-refractivity contribution < 1.29 is 0 Å². The third kappa shape index (κ3) is 3.25. The predicted octanol–water partition coefficient (Wildman–Crippen LogP) is 5.51. The molecular weight excluding hydrogens is 418 g/mol. The molecule has 0 amide bonds. The molecule has 0 unspecified atom stereocenters. The summed E-state index contributed by atoms with van der Waals surface area (Å²) < 4.78 is 3.08. The van der Waals surface area contributed by atoms with Crippen LogP contribution >= 0.6 is 45.8 Å². The topological polar surface area (TPSA) is 17.8 Å². The van der Waals surface area contributed by atoms with Gasteiger partial charge in [-0.3, -0.25) is 4.68 Å². The highest BCUT2D eigenvalue weighted by Gasteiger charge is 2.08. The van der Waals surface area contributed by atoms with Crippen LogP contribution in [0.3, 0.4) is 0 Å². The van der Waals surface area contributed by atoms with Gasteiger partial charge in [0.05, 0.1) is 22.8 Å². The third-order valence-corrected chi connectivity index (χ3v) is 4.98. The summed E-state index contributed by atoms with van der Waals surface area (Å²) in [6.07, 6.45) is 3.89. The third-order valence-electron chi connectivity index (χ3n) is 3.18. The van der Waals surface area contributed by atoms with Gasteiger partial charge in [-0.1, -0.05) is 53.5 Å². The van der Waals surface area contributed by atoms with Crippen LogP contribution in [-0.2, 0) is 6.54 Å². The number of rotatable bonds is 3. The second kappa shape index (κ2) is 6.38. The van der Waals surface area contributed by atoms with Gasteiger partial charge in [0, 0.05) is 15.3 Å². The Bertz CT molecular complexity index is 783. The number of halogens is 3. The van der Waals surface area contributed by atoms with Crippen LogP contribution in [0.4, 0.5) is 0 Å². The molecule has 0 saturated heterocycles. The van der Waals surface area contributed by atoms with Crippen molar-refractivity contribution in [3.8, 4) is 11.1 Å². The first-order valence-corrected chi connectivity index (χ1v) is 8.19. The maximum Gasteiger partial charge on any atom is 0.0674 e. The van der Waals surface area contributed by atoms with Crippen LogP contribution < -0.4 is 0 Å². The Morgan fingerprint density at radius 1 is 1.05 bits per heavy atom. The Morgan fingerprint density at radius 2 is 1.86 bits per heavy atom. The van der Waals surface area contributed by atoms with E-state index in [-0.39, 0.29) is 0 Å². The van der Waals surface area contributed by atoms with Crippen LogP contribution in [0.5, 0.6) is 0 Å². The molecule has 2 aromatic carbocycles. The van der Waals surface area contributed by atoms with Gasteiger partial charge in [-0.25, -0.2) is 0 Å². The van der Waals surface area contributed by atoms with E-state index in [4.69, 9.17) is 23.2 Å². The average Bonchev–Trinajstić information content (AvgIpc) is 2.93.